The normalized spacial score (nSPS) is 12.7. The molecule has 6 nitrogen and oxygen atoms in total. The molecule has 0 aliphatic rings. The van der Waals surface area contributed by atoms with Crippen molar-refractivity contribution in [2.24, 2.45) is 7.05 Å². The van der Waals surface area contributed by atoms with Crippen molar-refractivity contribution in [1.82, 2.24) is 14.9 Å². The first-order valence-electron chi connectivity index (χ1n) is 4.66. The van der Waals surface area contributed by atoms with E-state index in [9.17, 15) is 9.90 Å². The summed E-state index contributed by atoms with van der Waals surface area (Å²) in [7, 11) is 1.87. The van der Waals surface area contributed by atoms with Gasteiger partial charge in [-0.3, -0.25) is 4.79 Å². The van der Waals surface area contributed by atoms with Crippen molar-refractivity contribution in [2.45, 2.75) is 19.1 Å². The number of rotatable bonds is 6. The zero-order chi connectivity index (χ0) is 11.3. The van der Waals surface area contributed by atoms with E-state index in [1.54, 1.807) is 6.20 Å². The molecular formula is C9H15N3O3. The van der Waals surface area contributed by atoms with E-state index < -0.39 is 12.1 Å². The zero-order valence-corrected chi connectivity index (χ0v) is 8.55. The average molecular weight is 213 g/mol. The molecule has 0 aliphatic heterocycles. The molecule has 1 aromatic rings. The van der Waals surface area contributed by atoms with Crippen molar-refractivity contribution in [3.05, 3.63) is 18.2 Å². The van der Waals surface area contributed by atoms with Crippen LogP contribution in [0.5, 0.6) is 0 Å². The second-order valence-corrected chi connectivity index (χ2v) is 3.34. The predicted octanol–water partition coefficient (Wildman–Crippen LogP) is -0.655. The molecule has 0 aromatic carbocycles. The lowest BCUT2D eigenvalue weighted by atomic mass is 10.2. The molecule has 1 unspecified atom stereocenters. The highest BCUT2D eigenvalue weighted by Crippen LogP contribution is 1.94. The number of aryl methyl sites for hydroxylation is 1. The van der Waals surface area contributed by atoms with Crippen LogP contribution in [0.3, 0.4) is 0 Å². The molecule has 0 bridgehead atoms. The van der Waals surface area contributed by atoms with Crippen LogP contribution in [0.2, 0.25) is 0 Å². The molecule has 0 amide bonds. The van der Waals surface area contributed by atoms with Crippen LogP contribution in [0.4, 0.5) is 0 Å². The Labute approximate surface area is 87.6 Å². The van der Waals surface area contributed by atoms with Gasteiger partial charge in [0.05, 0.1) is 19.1 Å². The van der Waals surface area contributed by atoms with E-state index in [1.807, 2.05) is 17.8 Å². The van der Waals surface area contributed by atoms with Gasteiger partial charge >= 0.3 is 5.97 Å². The Kier molecular flexibility index (Phi) is 4.26. The Hall–Kier alpha value is -1.40. The van der Waals surface area contributed by atoms with Crippen molar-refractivity contribution in [2.75, 3.05) is 6.54 Å². The highest BCUT2D eigenvalue weighted by atomic mass is 16.4. The molecule has 0 aliphatic carbocycles. The van der Waals surface area contributed by atoms with Crippen LogP contribution in [0.15, 0.2) is 12.4 Å². The maximum absolute atomic E-state index is 10.3. The number of nitrogens with one attached hydrogen (secondary N) is 1. The number of aliphatic hydroxyl groups excluding tert-OH is 1. The third-order valence-electron chi connectivity index (χ3n) is 1.99. The molecule has 1 rings (SSSR count). The fourth-order valence-electron chi connectivity index (χ4n) is 1.19. The minimum absolute atomic E-state index is 0.242. The average Bonchev–Trinajstić information content (AvgIpc) is 2.50. The Morgan fingerprint density at radius 2 is 2.47 bits per heavy atom. The molecule has 0 saturated carbocycles. The summed E-state index contributed by atoms with van der Waals surface area (Å²) >= 11 is 0. The summed E-state index contributed by atoms with van der Waals surface area (Å²) in [6.07, 6.45) is 2.41. The predicted molar refractivity (Wildman–Crippen MR) is 53.2 cm³/mol. The van der Waals surface area contributed by atoms with E-state index >= 15 is 0 Å². The standard InChI is InChI=1S/C9H15N3O3/c1-12-3-2-11-8(12)6-10-5-7(13)4-9(14)15/h2-3,7,10,13H,4-6H2,1H3,(H,14,15). The third kappa shape index (κ3) is 4.09. The van der Waals surface area contributed by atoms with Gasteiger partial charge in [0.1, 0.15) is 5.82 Å². The van der Waals surface area contributed by atoms with Crippen LogP contribution >= 0.6 is 0 Å². The minimum Gasteiger partial charge on any atom is -0.481 e. The van der Waals surface area contributed by atoms with E-state index in [-0.39, 0.29) is 13.0 Å². The molecule has 1 heterocycles. The van der Waals surface area contributed by atoms with Gasteiger partial charge in [-0.2, -0.15) is 0 Å². The highest BCUT2D eigenvalue weighted by molar-refractivity contribution is 5.67. The van der Waals surface area contributed by atoms with Gasteiger partial charge in [0.25, 0.3) is 0 Å². The number of hydrogen-bond donors (Lipinski definition) is 3. The molecule has 0 radical (unpaired) electrons. The van der Waals surface area contributed by atoms with Crippen LogP contribution in [-0.4, -0.2) is 38.4 Å². The van der Waals surface area contributed by atoms with Crippen LogP contribution in [0.25, 0.3) is 0 Å². The third-order valence-corrected chi connectivity index (χ3v) is 1.99. The quantitative estimate of drug-likeness (QED) is 0.584. The molecule has 3 N–H and O–H groups in total. The van der Waals surface area contributed by atoms with Crippen molar-refractivity contribution in [3.63, 3.8) is 0 Å². The summed E-state index contributed by atoms with van der Waals surface area (Å²) < 4.78 is 1.86. The Morgan fingerprint density at radius 1 is 1.73 bits per heavy atom. The van der Waals surface area contributed by atoms with E-state index in [1.165, 1.54) is 0 Å². The lowest BCUT2D eigenvalue weighted by Crippen LogP contribution is -2.29. The van der Waals surface area contributed by atoms with Crippen LogP contribution in [0.1, 0.15) is 12.2 Å². The van der Waals surface area contributed by atoms with Gasteiger partial charge < -0.3 is 20.1 Å². The van der Waals surface area contributed by atoms with Crippen molar-refractivity contribution < 1.29 is 15.0 Å². The first-order chi connectivity index (χ1) is 7.09. The van der Waals surface area contributed by atoms with Gasteiger partial charge in [0, 0.05) is 26.0 Å². The number of aliphatic hydroxyl groups is 1. The van der Waals surface area contributed by atoms with E-state index in [4.69, 9.17) is 5.11 Å². The molecule has 0 saturated heterocycles. The van der Waals surface area contributed by atoms with Crippen LogP contribution < -0.4 is 5.32 Å². The van der Waals surface area contributed by atoms with Crippen molar-refractivity contribution in [3.8, 4) is 0 Å². The first-order valence-corrected chi connectivity index (χ1v) is 4.66. The molecule has 0 fully saturated rings. The largest absolute Gasteiger partial charge is 0.481 e. The Morgan fingerprint density at radius 3 is 3.00 bits per heavy atom. The number of carboxylic acid groups (broad SMARTS) is 1. The van der Waals surface area contributed by atoms with E-state index in [0.29, 0.717) is 6.54 Å². The van der Waals surface area contributed by atoms with Gasteiger partial charge in [0.15, 0.2) is 0 Å². The maximum atomic E-state index is 10.3. The van der Waals surface area contributed by atoms with Crippen LogP contribution in [0, 0.1) is 0 Å². The Balaban J connectivity index is 2.22. The molecular weight excluding hydrogens is 198 g/mol. The molecule has 6 heteroatoms. The van der Waals surface area contributed by atoms with Crippen LogP contribution in [-0.2, 0) is 18.4 Å². The summed E-state index contributed by atoms with van der Waals surface area (Å²) in [5, 5.41) is 20.6. The lowest BCUT2D eigenvalue weighted by Gasteiger charge is -2.09. The molecule has 0 spiro atoms. The summed E-state index contributed by atoms with van der Waals surface area (Å²) in [4.78, 5) is 14.3. The number of aromatic nitrogens is 2. The second kappa shape index (κ2) is 5.47. The van der Waals surface area contributed by atoms with Gasteiger partial charge in [-0.1, -0.05) is 0 Å². The summed E-state index contributed by atoms with van der Waals surface area (Å²) in [6, 6.07) is 0. The summed E-state index contributed by atoms with van der Waals surface area (Å²) in [5.41, 5.74) is 0. The number of hydrogen-bond acceptors (Lipinski definition) is 4. The van der Waals surface area contributed by atoms with Crippen molar-refractivity contribution in [1.29, 1.82) is 0 Å². The molecule has 1 atom stereocenters. The van der Waals surface area contributed by atoms with Gasteiger partial charge in [-0.05, 0) is 0 Å². The number of carbonyl (C=O) groups is 1. The smallest absolute Gasteiger partial charge is 0.306 e. The second-order valence-electron chi connectivity index (χ2n) is 3.34. The summed E-state index contributed by atoms with van der Waals surface area (Å²) in [5.74, 6) is -0.154. The molecule has 1 aromatic heterocycles. The fraction of sp³-hybridized carbons (Fsp3) is 0.556. The highest BCUT2D eigenvalue weighted by Gasteiger charge is 2.08. The monoisotopic (exact) mass is 213 g/mol. The van der Waals surface area contributed by atoms with E-state index in [0.717, 1.165) is 5.82 Å². The minimum atomic E-state index is -0.999. The number of imidazole rings is 1. The van der Waals surface area contributed by atoms with Crippen molar-refractivity contribution >= 4 is 5.97 Å². The fourth-order valence-corrected chi connectivity index (χ4v) is 1.19. The Bertz CT molecular complexity index is 324. The SMILES string of the molecule is Cn1ccnc1CNCC(O)CC(=O)O. The zero-order valence-electron chi connectivity index (χ0n) is 8.55. The molecule has 84 valence electrons. The molecule has 15 heavy (non-hydrogen) atoms. The lowest BCUT2D eigenvalue weighted by molar-refractivity contribution is -0.139. The summed E-state index contributed by atoms with van der Waals surface area (Å²) in [6.45, 7) is 0.763. The van der Waals surface area contributed by atoms with Gasteiger partial charge in [-0.15, -0.1) is 0 Å². The number of aliphatic carboxylic acids is 1. The number of nitrogens with zero attached hydrogens (tertiary/aromatic N) is 2. The topological polar surface area (TPSA) is 87.4 Å². The van der Waals surface area contributed by atoms with E-state index in [2.05, 4.69) is 10.3 Å². The maximum Gasteiger partial charge on any atom is 0.306 e. The first kappa shape index (κ1) is 11.7. The number of carboxylic acids is 1. The van der Waals surface area contributed by atoms with Gasteiger partial charge in [-0.25, -0.2) is 4.98 Å². The van der Waals surface area contributed by atoms with Gasteiger partial charge in [0.2, 0.25) is 0 Å².